The number of nitrogens with zero attached hydrogens (tertiary/aromatic N) is 1. The highest BCUT2D eigenvalue weighted by atomic mass is 35.5. The third-order valence-corrected chi connectivity index (χ3v) is 3.63. The lowest BCUT2D eigenvalue weighted by atomic mass is 9.95. The highest BCUT2D eigenvalue weighted by Crippen LogP contribution is 2.25. The van der Waals surface area contributed by atoms with Gasteiger partial charge in [-0.15, -0.1) is 0 Å². The average molecular weight is 271 g/mol. The minimum absolute atomic E-state index is 0.169. The first-order chi connectivity index (χ1) is 8.72. The van der Waals surface area contributed by atoms with E-state index in [1.165, 1.54) is 0 Å². The molecular formula is C13H19ClN2O2. The predicted octanol–water partition coefficient (Wildman–Crippen LogP) is 2.53. The van der Waals surface area contributed by atoms with Gasteiger partial charge in [0.05, 0.1) is 16.8 Å². The van der Waals surface area contributed by atoms with Crippen LogP contribution >= 0.6 is 11.6 Å². The second-order valence-electron chi connectivity index (χ2n) is 4.55. The van der Waals surface area contributed by atoms with Crippen molar-refractivity contribution in [2.75, 3.05) is 7.11 Å². The molecule has 0 amide bonds. The lowest BCUT2D eigenvalue weighted by Gasteiger charge is -2.28. The maximum atomic E-state index is 5.97. The van der Waals surface area contributed by atoms with Crippen molar-refractivity contribution in [3.8, 4) is 5.88 Å². The third kappa shape index (κ3) is 3.34. The quantitative estimate of drug-likeness (QED) is 0.913. The van der Waals surface area contributed by atoms with E-state index < -0.39 is 0 Å². The first kappa shape index (κ1) is 13.6. The summed E-state index contributed by atoms with van der Waals surface area (Å²) in [4.78, 5) is 4.32. The van der Waals surface area contributed by atoms with Gasteiger partial charge in [-0.3, -0.25) is 0 Å². The number of ether oxygens (including phenoxy) is 2. The van der Waals surface area contributed by atoms with Gasteiger partial charge in [-0.2, -0.15) is 0 Å². The Balaban J connectivity index is 2.00. The summed E-state index contributed by atoms with van der Waals surface area (Å²) in [5.41, 5.74) is 6.25. The van der Waals surface area contributed by atoms with E-state index in [9.17, 15) is 0 Å². The fourth-order valence-corrected chi connectivity index (χ4v) is 2.45. The molecule has 1 aromatic rings. The standard InChI is InChI=1S/C13H19ClN2O2/c1-17-9-3-2-4-10(7-9)18-13-6-5-11(14)12(8-15)16-13/h5-6,9-10H,2-4,7-8,15H2,1H3. The second kappa shape index (κ2) is 6.36. The molecule has 2 N–H and O–H groups in total. The van der Waals surface area contributed by atoms with Crippen LogP contribution in [0.15, 0.2) is 12.1 Å². The lowest BCUT2D eigenvalue weighted by Crippen LogP contribution is -2.29. The third-order valence-electron chi connectivity index (χ3n) is 3.29. The summed E-state index contributed by atoms with van der Waals surface area (Å²) in [5, 5.41) is 0.586. The van der Waals surface area contributed by atoms with E-state index in [-0.39, 0.29) is 6.10 Å². The normalized spacial score (nSPS) is 23.9. The highest BCUT2D eigenvalue weighted by molar-refractivity contribution is 6.31. The molecule has 0 bridgehead atoms. The molecule has 5 heteroatoms. The molecule has 0 aromatic carbocycles. The molecule has 1 aromatic heterocycles. The number of nitrogens with two attached hydrogens (primary N) is 1. The largest absolute Gasteiger partial charge is 0.474 e. The first-order valence-corrected chi connectivity index (χ1v) is 6.65. The van der Waals surface area contributed by atoms with E-state index in [4.69, 9.17) is 26.8 Å². The maximum absolute atomic E-state index is 5.97. The summed E-state index contributed by atoms with van der Waals surface area (Å²) < 4.78 is 11.3. The summed E-state index contributed by atoms with van der Waals surface area (Å²) in [6, 6.07) is 3.57. The zero-order valence-corrected chi connectivity index (χ0v) is 11.3. The van der Waals surface area contributed by atoms with Crippen molar-refractivity contribution in [3.63, 3.8) is 0 Å². The molecule has 0 aliphatic heterocycles. The van der Waals surface area contributed by atoms with Gasteiger partial charge in [0.2, 0.25) is 5.88 Å². The fraction of sp³-hybridized carbons (Fsp3) is 0.615. The Hall–Kier alpha value is -0.840. The predicted molar refractivity (Wildman–Crippen MR) is 70.8 cm³/mol. The van der Waals surface area contributed by atoms with Gasteiger partial charge in [-0.25, -0.2) is 4.98 Å². The van der Waals surface area contributed by atoms with Gasteiger partial charge in [-0.1, -0.05) is 11.6 Å². The Morgan fingerprint density at radius 3 is 2.89 bits per heavy atom. The van der Waals surface area contributed by atoms with Crippen LogP contribution in [0, 0.1) is 0 Å². The van der Waals surface area contributed by atoms with Crippen molar-refractivity contribution in [2.24, 2.45) is 5.73 Å². The summed E-state index contributed by atoms with van der Waals surface area (Å²) in [5.74, 6) is 0.599. The molecule has 2 rings (SSSR count). The zero-order chi connectivity index (χ0) is 13.0. The number of aromatic nitrogens is 1. The van der Waals surface area contributed by atoms with Gasteiger partial charge in [0.1, 0.15) is 6.10 Å². The highest BCUT2D eigenvalue weighted by Gasteiger charge is 2.23. The summed E-state index contributed by atoms with van der Waals surface area (Å²) in [7, 11) is 1.75. The summed E-state index contributed by atoms with van der Waals surface area (Å²) in [6.07, 6.45) is 4.66. The first-order valence-electron chi connectivity index (χ1n) is 6.28. The van der Waals surface area contributed by atoms with Crippen LogP contribution in [0.25, 0.3) is 0 Å². The minimum atomic E-state index is 0.169. The zero-order valence-electron chi connectivity index (χ0n) is 10.6. The summed E-state index contributed by atoms with van der Waals surface area (Å²) in [6.45, 7) is 0.321. The van der Waals surface area contributed by atoms with Crippen LogP contribution in [-0.4, -0.2) is 24.3 Å². The van der Waals surface area contributed by atoms with Crippen molar-refractivity contribution in [2.45, 2.75) is 44.4 Å². The molecule has 2 unspecified atom stereocenters. The van der Waals surface area contributed by atoms with E-state index in [1.54, 1.807) is 19.2 Å². The molecule has 4 nitrogen and oxygen atoms in total. The number of rotatable bonds is 4. The van der Waals surface area contributed by atoms with Gasteiger partial charge in [-0.05, 0) is 25.3 Å². The van der Waals surface area contributed by atoms with E-state index in [0.717, 1.165) is 25.7 Å². The van der Waals surface area contributed by atoms with Crippen LogP contribution in [0.2, 0.25) is 5.02 Å². The van der Waals surface area contributed by atoms with Crippen LogP contribution in [-0.2, 0) is 11.3 Å². The van der Waals surface area contributed by atoms with Gasteiger partial charge in [0.25, 0.3) is 0 Å². The van der Waals surface area contributed by atoms with E-state index in [2.05, 4.69) is 4.98 Å². The average Bonchev–Trinajstić information content (AvgIpc) is 2.41. The Kier molecular flexibility index (Phi) is 4.80. The monoisotopic (exact) mass is 270 g/mol. The van der Waals surface area contributed by atoms with Gasteiger partial charge in [0, 0.05) is 26.1 Å². The van der Waals surface area contributed by atoms with Crippen LogP contribution in [0.4, 0.5) is 0 Å². The molecule has 2 atom stereocenters. The molecule has 1 saturated carbocycles. The van der Waals surface area contributed by atoms with Crippen molar-refractivity contribution in [1.82, 2.24) is 4.98 Å². The van der Waals surface area contributed by atoms with Crippen LogP contribution < -0.4 is 10.5 Å². The Morgan fingerprint density at radius 1 is 1.39 bits per heavy atom. The molecule has 0 spiro atoms. The molecular weight excluding hydrogens is 252 g/mol. The van der Waals surface area contributed by atoms with Crippen molar-refractivity contribution in [1.29, 1.82) is 0 Å². The van der Waals surface area contributed by atoms with Crippen molar-refractivity contribution in [3.05, 3.63) is 22.8 Å². The van der Waals surface area contributed by atoms with Crippen LogP contribution in [0.1, 0.15) is 31.4 Å². The Morgan fingerprint density at radius 2 is 2.17 bits per heavy atom. The fourth-order valence-electron chi connectivity index (χ4n) is 2.27. The number of methoxy groups -OCH3 is 1. The molecule has 0 saturated heterocycles. The molecule has 1 heterocycles. The van der Waals surface area contributed by atoms with E-state index in [1.807, 2.05) is 0 Å². The van der Waals surface area contributed by atoms with Gasteiger partial charge < -0.3 is 15.2 Å². The molecule has 1 aliphatic rings. The Labute approximate surface area is 112 Å². The molecule has 18 heavy (non-hydrogen) atoms. The minimum Gasteiger partial charge on any atom is -0.474 e. The Bertz CT molecular complexity index is 401. The lowest BCUT2D eigenvalue weighted by molar-refractivity contribution is 0.0194. The number of hydrogen-bond acceptors (Lipinski definition) is 4. The molecule has 0 radical (unpaired) electrons. The summed E-state index contributed by atoms with van der Waals surface area (Å²) >= 11 is 5.97. The topological polar surface area (TPSA) is 57.4 Å². The van der Waals surface area contributed by atoms with Gasteiger partial charge >= 0.3 is 0 Å². The van der Waals surface area contributed by atoms with Gasteiger partial charge in [0.15, 0.2) is 0 Å². The van der Waals surface area contributed by atoms with Crippen LogP contribution in [0.3, 0.4) is 0 Å². The van der Waals surface area contributed by atoms with E-state index >= 15 is 0 Å². The molecule has 1 aliphatic carbocycles. The number of pyridine rings is 1. The van der Waals surface area contributed by atoms with E-state index in [0.29, 0.717) is 29.2 Å². The SMILES string of the molecule is COC1CCCC(Oc2ccc(Cl)c(CN)n2)C1. The van der Waals surface area contributed by atoms with Crippen molar-refractivity contribution >= 4 is 11.6 Å². The van der Waals surface area contributed by atoms with Crippen LogP contribution in [0.5, 0.6) is 5.88 Å². The van der Waals surface area contributed by atoms with Crippen molar-refractivity contribution < 1.29 is 9.47 Å². The molecule has 100 valence electrons. The second-order valence-corrected chi connectivity index (χ2v) is 4.95. The number of halogens is 1. The number of hydrogen-bond donors (Lipinski definition) is 1. The maximum Gasteiger partial charge on any atom is 0.213 e. The smallest absolute Gasteiger partial charge is 0.213 e. The molecule has 1 fully saturated rings.